The van der Waals surface area contributed by atoms with Crippen LogP contribution in [-0.4, -0.2) is 25.1 Å². The number of benzene rings is 1. The molecule has 0 saturated heterocycles. The lowest BCUT2D eigenvalue weighted by Gasteiger charge is -2.09. The molecule has 146 valence electrons. The Balaban J connectivity index is 1.67. The molecule has 7 heteroatoms. The van der Waals surface area contributed by atoms with Crippen molar-refractivity contribution >= 4 is 38.8 Å². The summed E-state index contributed by atoms with van der Waals surface area (Å²) in [5, 5.41) is 3.77. The highest BCUT2D eigenvalue weighted by molar-refractivity contribution is 7.21. The second-order valence-electron chi connectivity index (χ2n) is 6.91. The molecule has 4 rings (SSSR count). The molecular weight excluding hydrogens is 374 g/mol. The van der Waals surface area contributed by atoms with Gasteiger partial charge in [0.05, 0.1) is 19.9 Å². The summed E-state index contributed by atoms with van der Waals surface area (Å²) in [5.74, 6) is 0.944. The van der Waals surface area contributed by atoms with Crippen LogP contribution in [0.25, 0.3) is 10.2 Å². The molecule has 1 aromatic carbocycles. The van der Waals surface area contributed by atoms with Crippen molar-refractivity contribution in [2.75, 3.05) is 25.3 Å². The van der Waals surface area contributed by atoms with Crippen molar-refractivity contribution in [1.29, 1.82) is 0 Å². The van der Waals surface area contributed by atoms with Gasteiger partial charge in [0.25, 0.3) is 5.91 Å². The van der Waals surface area contributed by atoms with Gasteiger partial charge < -0.3 is 20.5 Å². The summed E-state index contributed by atoms with van der Waals surface area (Å²) in [7, 11) is 3.14. The van der Waals surface area contributed by atoms with Crippen molar-refractivity contribution in [3.05, 3.63) is 40.4 Å². The van der Waals surface area contributed by atoms with Crippen molar-refractivity contribution in [2.24, 2.45) is 0 Å². The lowest BCUT2D eigenvalue weighted by Crippen LogP contribution is -2.12. The fourth-order valence-electron chi connectivity index (χ4n) is 3.57. The molecule has 3 aromatic rings. The molecule has 0 spiro atoms. The molecule has 0 aliphatic heterocycles. The predicted molar refractivity (Wildman–Crippen MR) is 113 cm³/mol. The first kappa shape index (κ1) is 18.6. The first-order valence-electron chi connectivity index (χ1n) is 9.34. The Bertz CT molecular complexity index is 1020. The number of anilines is 2. The maximum Gasteiger partial charge on any atom is 0.267 e. The number of amides is 1. The highest BCUT2D eigenvalue weighted by atomic mass is 32.1. The number of aromatic nitrogens is 1. The number of aryl methyl sites for hydroxylation is 2. The minimum atomic E-state index is -0.258. The molecule has 0 unspecified atom stereocenters. The van der Waals surface area contributed by atoms with Crippen LogP contribution in [0.4, 0.5) is 11.4 Å². The molecule has 6 nitrogen and oxygen atoms in total. The fraction of sp³-hybridized carbons (Fsp3) is 0.333. The molecule has 2 heterocycles. The third-order valence-corrected chi connectivity index (χ3v) is 6.18. The average molecular weight is 398 g/mol. The molecule has 1 aliphatic carbocycles. The van der Waals surface area contributed by atoms with Crippen molar-refractivity contribution in [1.82, 2.24) is 4.98 Å². The van der Waals surface area contributed by atoms with Crippen LogP contribution >= 0.6 is 11.3 Å². The number of hydrogen-bond donors (Lipinski definition) is 2. The van der Waals surface area contributed by atoms with Gasteiger partial charge in [0, 0.05) is 35.0 Å². The molecule has 1 amide bonds. The summed E-state index contributed by atoms with van der Waals surface area (Å²) in [6, 6.07) is 7.36. The molecule has 0 fully saturated rings. The normalized spacial score (nSPS) is 13.6. The Kier molecular flexibility index (Phi) is 5.09. The molecule has 0 atom stereocenters. The maximum atomic E-state index is 12.9. The standard InChI is InChI=1S/C21H23N3O3S/c1-26-14-9-13(10-15(11-14)27-2)23-20(25)19-18(22)16-8-12-6-4-3-5-7-17(12)24-21(16)28-19/h8-11H,3-7,22H2,1-2H3,(H,23,25). The Morgan fingerprint density at radius 2 is 1.79 bits per heavy atom. The highest BCUT2D eigenvalue weighted by Gasteiger charge is 2.20. The van der Waals surface area contributed by atoms with E-state index < -0.39 is 0 Å². The lowest BCUT2D eigenvalue weighted by atomic mass is 10.1. The van der Waals surface area contributed by atoms with Gasteiger partial charge >= 0.3 is 0 Å². The quantitative estimate of drug-likeness (QED) is 0.637. The minimum absolute atomic E-state index is 0.258. The molecule has 0 saturated carbocycles. The van der Waals surface area contributed by atoms with Crippen molar-refractivity contribution in [3.63, 3.8) is 0 Å². The van der Waals surface area contributed by atoms with Gasteiger partial charge in [-0.3, -0.25) is 4.79 Å². The van der Waals surface area contributed by atoms with Gasteiger partial charge in [0.15, 0.2) is 0 Å². The summed E-state index contributed by atoms with van der Waals surface area (Å²) in [6.45, 7) is 0. The van der Waals surface area contributed by atoms with E-state index in [0.717, 1.165) is 35.2 Å². The molecule has 28 heavy (non-hydrogen) atoms. The number of hydrogen-bond acceptors (Lipinski definition) is 6. The molecule has 2 aromatic heterocycles. The van der Waals surface area contributed by atoms with Crippen LogP contribution in [0, 0.1) is 0 Å². The van der Waals surface area contributed by atoms with Crippen LogP contribution in [0.15, 0.2) is 24.3 Å². The zero-order valence-electron chi connectivity index (χ0n) is 16.0. The Morgan fingerprint density at radius 3 is 2.50 bits per heavy atom. The van der Waals surface area contributed by atoms with E-state index in [4.69, 9.17) is 20.2 Å². The number of nitrogens with zero attached hydrogens (tertiary/aromatic N) is 1. The van der Waals surface area contributed by atoms with Crippen LogP contribution in [0.5, 0.6) is 11.5 Å². The van der Waals surface area contributed by atoms with Crippen LogP contribution in [-0.2, 0) is 12.8 Å². The number of carbonyl (C=O) groups excluding carboxylic acids is 1. The zero-order valence-corrected chi connectivity index (χ0v) is 16.8. The number of thiophene rings is 1. The van der Waals surface area contributed by atoms with Crippen molar-refractivity contribution in [2.45, 2.75) is 32.1 Å². The van der Waals surface area contributed by atoms with Gasteiger partial charge in [-0.2, -0.15) is 0 Å². The van der Waals surface area contributed by atoms with Crippen molar-refractivity contribution in [3.8, 4) is 11.5 Å². The number of nitrogens with two attached hydrogens (primary N) is 1. The van der Waals surface area contributed by atoms with Crippen molar-refractivity contribution < 1.29 is 14.3 Å². The number of nitrogens with one attached hydrogen (secondary N) is 1. The van der Waals surface area contributed by atoms with E-state index in [1.165, 1.54) is 29.7 Å². The number of nitrogen functional groups attached to an aromatic ring is 1. The Labute approximate surface area is 167 Å². The van der Waals surface area contributed by atoms with Gasteiger partial charge in [-0.05, 0) is 37.3 Å². The largest absolute Gasteiger partial charge is 0.497 e. The van der Waals surface area contributed by atoms with E-state index in [1.807, 2.05) is 0 Å². The summed E-state index contributed by atoms with van der Waals surface area (Å²) < 4.78 is 10.5. The number of methoxy groups -OCH3 is 2. The van der Waals surface area contributed by atoms with E-state index in [9.17, 15) is 4.79 Å². The van der Waals surface area contributed by atoms with Crippen LogP contribution < -0.4 is 20.5 Å². The maximum absolute atomic E-state index is 12.9. The van der Waals surface area contributed by atoms with E-state index in [2.05, 4.69) is 11.4 Å². The molecule has 3 N–H and O–H groups in total. The number of carbonyl (C=O) groups is 1. The summed E-state index contributed by atoms with van der Waals surface area (Å²) in [6.07, 6.45) is 5.59. The molecule has 0 bridgehead atoms. The first-order valence-corrected chi connectivity index (χ1v) is 10.2. The Hall–Kier alpha value is -2.80. The lowest BCUT2D eigenvalue weighted by molar-refractivity contribution is 0.103. The monoisotopic (exact) mass is 397 g/mol. The zero-order chi connectivity index (χ0) is 19.7. The van der Waals surface area contributed by atoms with Crippen LogP contribution in [0.1, 0.15) is 40.2 Å². The van der Waals surface area contributed by atoms with Gasteiger partial charge in [0.1, 0.15) is 21.2 Å². The van der Waals surface area contributed by atoms with Gasteiger partial charge in [-0.1, -0.05) is 6.42 Å². The van der Waals surface area contributed by atoms with E-state index >= 15 is 0 Å². The SMILES string of the molecule is COc1cc(NC(=O)c2sc3nc4c(cc3c2N)CCCCC4)cc(OC)c1. The number of fused-ring (bicyclic) bond motifs is 2. The van der Waals surface area contributed by atoms with Crippen LogP contribution in [0.3, 0.4) is 0 Å². The number of rotatable bonds is 4. The summed E-state index contributed by atoms with van der Waals surface area (Å²) in [4.78, 5) is 19.0. The summed E-state index contributed by atoms with van der Waals surface area (Å²) in [5.41, 5.74) is 9.83. The van der Waals surface area contributed by atoms with Gasteiger partial charge in [-0.25, -0.2) is 4.98 Å². The first-order chi connectivity index (χ1) is 13.6. The highest BCUT2D eigenvalue weighted by Crippen LogP contribution is 2.36. The minimum Gasteiger partial charge on any atom is -0.497 e. The predicted octanol–water partition coefficient (Wildman–Crippen LogP) is 4.42. The van der Waals surface area contributed by atoms with E-state index in [1.54, 1.807) is 32.4 Å². The van der Waals surface area contributed by atoms with Gasteiger partial charge in [0.2, 0.25) is 0 Å². The molecular formula is C21H23N3O3S. The topological polar surface area (TPSA) is 86.5 Å². The number of pyridine rings is 1. The third kappa shape index (κ3) is 3.49. The fourth-order valence-corrected chi connectivity index (χ4v) is 4.56. The average Bonchev–Trinajstić information content (AvgIpc) is 2.87. The Morgan fingerprint density at radius 1 is 1.07 bits per heavy atom. The summed E-state index contributed by atoms with van der Waals surface area (Å²) >= 11 is 1.34. The van der Waals surface area contributed by atoms with Gasteiger partial charge in [-0.15, -0.1) is 11.3 Å². The smallest absolute Gasteiger partial charge is 0.267 e. The molecule has 1 aliphatic rings. The van der Waals surface area contributed by atoms with Crippen LogP contribution in [0.2, 0.25) is 0 Å². The second kappa shape index (κ2) is 7.67. The van der Waals surface area contributed by atoms with E-state index in [-0.39, 0.29) is 5.91 Å². The third-order valence-electron chi connectivity index (χ3n) is 5.06. The molecule has 0 radical (unpaired) electrons. The second-order valence-corrected chi connectivity index (χ2v) is 7.91. The van der Waals surface area contributed by atoms with E-state index in [0.29, 0.717) is 27.8 Å². The number of ether oxygens (including phenoxy) is 2.